The molecule has 0 saturated heterocycles. The topological polar surface area (TPSA) is 26.3 Å². The molecule has 100 valence electrons. The molecule has 1 aliphatic rings. The Labute approximate surface area is 106 Å². The van der Waals surface area contributed by atoms with E-state index in [1.807, 2.05) is 0 Å². The van der Waals surface area contributed by atoms with Crippen LogP contribution in [-0.2, 0) is 9.53 Å². The van der Waals surface area contributed by atoms with Crippen molar-refractivity contribution in [1.82, 2.24) is 0 Å². The maximum absolute atomic E-state index is 11.9. The SMILES string of the molecule is CC(C)C1CCC(=O)C(CCOC(C)(C)C)C1. The van der Waals surface area contributed by atoms with E-state index in [2.05, 4.69) is 34.6 Å². The Kier molecular flexibility index (Phi) is 5.18. The molecule has 0 aromatic carbocycles. The van der Waals surface area contributed by atoms with Crippen LogP contribution in [0.2, 0.25) is 0 Å². The number of rotatable bonds is 4. The highest BCUT2D eigenvalue weighted by Gasteiger charge is 2.30. The number of carbonyl (C=O) groups excluding carboxylic acids is 1. The highest BCUT2D eigenvalue weighted by Crippen LogP contribution is 2.33. The maximum atomic E-state index is 11.9. The van der Waals surface area contributed by atoms with Crippen LogP contribution in [0, 0.1) is 17.8 Å². The smallest absolute Gasteiger partial charge is 0.136 e. The second-order valence-electron chi connectivity index (χ2n) is 6.69. The minimum absolute atomic E-state index is 0.0881. The Morgan fingerprint density at radius 2 is 2.00 bits per heavy atom. The zero-order chi connectivity index (χ0) is 13.1. The lowest BCUT2D eigenvalue weighted by atomic mass is 9.74. The molecular formula is C15H28O2. The van der Waals surface area contributed by atoms with Crippen molar-refractivity contribution in [2.75, 3.05) is 6.61 Å². The molecule has 1 fully saturated rings. The lowest BCUT2D eigenvalue weighted by Gasteiger charge is -2.31. The molecule has 0 aromatic rings. The Hall–Kier alpha value is -0.370. The monoisotopic (exact) mass is 240 g/mol. The van der Waals surface area contributed by atoms with E-state index in [1.165, 1.54) is 0 Å². The van der Waals surface area contributed by atoms with Crippen molar-refractivity contribution in [3.05, 3.63) is 0 Å². The van der Waals surface area contributed by atoms with Gasteiger partial charge in [-0.15, -0.1) is 0 Å². The van der Waals surface area contributed by atoms with E-state index in [0.29, 0.717) is 18.3 Å². The van der Waals surface area contributed by atoms with E-state index in [4.69, 9.17) is 4.74 Å². The Bertz CT molecular complexity index is 250. The summed E-state index contributed by atoms with van der Waals surface area (Å²) < 4.78 is 5.72. The van der Waals surface area contributed by atoms with Gasteiger partial charge in [0.2, 0.25) is 0 Å². The molecule has 0 spiro atoms. The lowest BCUT2D eigenvalue weighted by Crippen LogP contribution is -2.29. The van der Waals surface area contributed by atoms with Gasteiger partial charge in [-0.1, -0.05) is 13.8 Å². The Morgan fingerprint density at radius 3 is 2.53 bits per heavy atom. The molecule has 0 amide bonds. The Balaban J connectivity index is 2.37. The normalized spacial score (nSPS) is 26.6. The van der Waals surface area contributed by atoms with Crippen molar-refractivity contribution in [2.24, 2.45) is 17.8 Å². The number of ketones is 1. The molecule has 0 bridgehead atoms. The second-order valence-corrected chi connectivity index (χ2v) is 6.69. The van der Waals surface area contributed by atoms with E-state index in [1.54, 1.807) is 0 Å². The summed E-state index contributed by atoms with van der Waals surface area (Å²) in [5, 5.41) is 0. The first-order chi connectivity index (χ1) is 7.79. The number of ether oxygens (including phenoxy) is 1. The first kappa shape index (κ1) is 14.7. The molecule has 17 heavy (non-hydrogen) atoms. The molecular weight excluding hydrogens is 212 g/mol. The molecule has 0 radical (unpaired) electrons. The van der Waals surface area contributed by atoms with Crippen molar-refractivity contribution in [2.45, 2.75) is 65.9 Å². The summed E-state index contributed by atoms with van der Waals surface area (Å²) in [4.78, 5) is 11.9. The molecule has 2 unspecified atom stereocenters. The highest BCUT2D eigenvalue weighted by molar-refractivity contribution is 5.81. The predicted octanol–water partition coefficient (Wildman–Crippen LogP) is 3.83. The van der Waals surface area contributed by atoms with Gasteiger partial charge < -0.3 is 4.74 Å². The van der Waals surface area contributed by atoms with E-state index in [9.17, 15) is 4.79 Å². The number of hydrogen-bond donors (Lipinski definition) is 0. The second kappa shape index (κ2) is 5.99. The summed E-state index contributed by atoms with van der Waals surface area (Å²) >= 11 is 0. The summed E-state index contributed by atoms with van der Waals surface area (Å²) in [7, 11) is 0. The van der Waals surface area contributed by atoms with Gasteiger partial charge in [0.15, 0.2) is 0 Å². The molecule has 0 N–H and O–H groups in total. The van der Waals surface area contributed by atoms with E-state index < -0.39 is 0 Å². The molecule has 2 nitrogen and oxygen atoms in total. The first-order valence-corrected chi connectivity index (χ1v) is 6.96. The molecule has 1 aliphatic carbocycles. The predicted molar refractivity (Wildman–Crippen MR) is 71.0 cm³/mol. The number of hydrogen-bond acceptors (Lipinski definition) is 2. The Morgan fingerprint density at radius 1 is 1.35 bits per heavy atom. The van der Waals surface area contributed by atoms with Gasteiger partial charge in [0, 0.05) is 18.9 Å². The van der Waals surface area contributed by atoms with Gasteiger partial charge in [-0.2, -0.15) is 0 Å². The van der Waals surface area contributed by atoms with Crippen LogP contribution in [0.3, 0.4) is 0 Å². The standard InChI is InChI=1S/C15H28O2/c1-11(2)12-6-7-14(16)13(10-12)8-9-17-15(3,4)5/h11-13H,6-10H2,1-5H3. The van der Waals surface area contributed by atoms with Gasteiger partial charge in [-0.05, 0) is 51.9 Å². The van der Waals surface area contributed by atoms with Crippen LogP contribution < -0.4 is 0 Å². The average Bonchev–Trinajstić information content (AvgIpc) is 2.18. The van der Waals surface area contributed by atoms with Crippen molar-refractivity contribution in [3.8, 4) is 0 Å². The fourth-order valence-corrected chi connectivity index (χ4v) is 2.54. The minimum atomic E-state index is -0.0881. The zero-order valence-electron chi connectivity index (χ0n) is 12.1. The van der Waals surface area contributed by atoms with Crippen LogP contribution in [0.15, 0.2) is 0 Å². The van der Waals surface area contributed by atoms with Gasteiger partial charge >= 0.3 is 0 Å². The van der Waals surface area contributed by atoms with Crippen LogP contribution in [0.25, 0.3) is 0 Å². The first-order valence-electron chi connectivity index (χ1n) is 6.96. The van der Waals surface area contributed by atoms with Gasteiger partial charge in [-0.25, -0.2) is 0 Å². The third-order valence-corrected chi connectivity index (χ3v) is 3.75. The van der Waals surface area contributed by atoms with Crippen molar-refractivity contribution in [1.29, 1.82) is 0 Å². The zero-order valence-corrected chi connectivity index (χ0v) is 12.1. The fraction of sp³-hybridized carbons (Fsp3) is 0.933. The third kappa shape index (κ3) is 5.20. The molecule has 0 aliphatic heterocycles. The molecule has 1 rings (SSSR count). The summed E-state index contributed by atoms with van der Waals surface area (Å²) in [6.45, 7) is 11.4. The maximum Gasteiger partial charge on any atom is 0.136 e. The van der Waals surface area contributed by atoms with Crippen LogP contribution in [0.4, 0.5) is 0 Å². The average molecular weight is 240 g/mol. The summed E-state index contributed by atoms with van der Waals surface area (Å²) in [5.41, 5.74) is -0.0881. The van der Waals surface area contributed by atoms with Crippen molar-refractivity contribution >= 4 is 5.78 Å². The molecule has 2 atom stereocenters. The van der Waals surface area contributed by atoms with Gasteiger partial charge in [-0.3, -0.25) is 4.79 Å². The fourth-order valence-electron chi connectivity index (χ4n) is 2.54. The largest absolute Gasteiger partial charge is 0.376 e. The highest BCUT2D eigenvalue weighted by atomic mass is 16.5. The minimum Gasteiger partial charge on any atom is -0.376 e. The van der Waals surface area contributed by atoms with Crippen molar-refractivity contribution < 1.29 is 9.53 Å². The molecule has 0 heterocycles. The lowest BCUT2D eigenvalue weighted by molar-refractivity contribution is -0.127. The van der Waals surface area contributed by atoms with Crippen molar-refractivity contribution in [3.63, 3.8) is 0 Å². The quantitative estimate of drug-likeness (QED) is 0.746. The molecule has 1 saturated carbocycles. The van der Waals surface area contributed by atoms with Crippen LogP contribution >= 0.6 is 0 Å². The van der Waals surface area contributed by atoms with Crippen LogP contribution in [0.1, 0.15) is 60.3 Å². The summed E-state index contributed by atoms with van der Waals surface area (Å²) in [6.07, 6.45) is 3.85. The number of carbonyl (C=O) groups is 1. The summed E-state index contributed by atoms with van der Waals surface area (Å²) in [6, 6.07) is 0. The molecule has 0 aromatic heterocycles. The van der Waals surface area contributed by atoms with E-state index in [-0.39, 0.29) is 11.5 Å². The third-order valence-electron chi connectivity index (χ3n) is 3.75. The summed E-state index contributed by atoms with van der Waals surface area (Å²) in [5.74, 6) is 2.14. The molecule has 2 heteroatoms. The van der Waals surface area contributed by atoms with Gasteiger partial charge in [0.1, 0.15) is 5.78 Å². The van der Waals surface area contributed by atoms with Gasteiger partial charge in [0.25, 0.3) is 0 Å². The van der Waals surface area contributed by atoms with E-state index in [0.717, 1.165) is 31.6 Å². The van der Waals surface area contributed by atoms with E-state index >= 15 is 0 Å². The van der Waals surface area contributed by atoms with Crippen LogP contribution in [-0.4, -0.2) is 18.0 Å². The van der Waals surface area contributed by atoms with Gasteiger partial charge in [0.05, 0.1) is 5.60 Å². The van der Waals surface area contributed by atoms with Crippen LogP contribution in [0.5, 0.6) is 0 Å². The number of Topliss-reactive ketones (excluding diaryl/α,β-unsaturated/α-hetero) is 1.